The smallest absolute Gasteiger partial charge is 0.298 e. The minimum absolute atomic E-state index is 0.126. The number of anilines is 1. The van der Waals surface area contributed by atoms with Crippen LogP contribution in [0.2, 0.25) is 10.3 Å². The Labute approximate surface area is 147 Å². The van der Waals surface area contributed by atoms with Gasteiger partial charge in [0.1, 0.15) is 10.3 Å². The number of oxime groups is 1. The molecule has 0 aliphatic carbocycles. The number of carbonyl (C=O) groups excluding carboxylic acids is 1. The number of nitrogens with zero attached hydrogens (tertiary/aromatic N) is 3. The van der Waals surface area contributed by atoms with Crippen LogP contribution in [0.4, 0.5) is 10.5 Å². The van der Waals surface area contributed by atoms with Gasteiger partial charge in [-0.05, 0) is 30.9 Å². The summed E-state index contributed by atoms with van der Waals surface area (Å²) in [6.45, 7) is 1.91. The van der Waals surface area contributed by atoms with Crippen molar-refractivity contribution >= 4 is 53.0 Å². The van der Waals surface area contributed by atoms with Crippen molar-refractivity contribution < 1.29 is 9.63 Å². The molecule has 0 saturated carbocycles. The number of halogens is 2. The van der Waals surface area contributed by atoms with Gasteiger partial charge in [-0.1, -0.05) is 52.3 Å². The predicted molar refractivity (Wildman–Crippen MR) is 92.7 cm³/mol. The van der Waals surface area contributed by atoms with E-state index in [1.165, 1.54) is 18.0 Å². The van der Waals surface area contributed by atoms with Crippen molar-refractivity contribution in [2.24, 2.45) is 5.16 Å². The number of benzene rings is 1. The van der Waals surface area contributed by atoms with E-state index in [9.17, 15) is 4.79 Å². The fourth-order valence-electron chi connectivity index (χ4n) is 1.59. The minimum Gasteiger partial charge on any atom is -0.298 e. The highest BCUT2D eigenvalue weighted by Gasteiger charge is 2.10. The molecule has 0 saturated heterocycles. The Morgan fingerprint density at radius 2 is 2.04 bits per heavy atom. The van der Waals surface area contributed by atoms with Crippen molar-refractivity contribution in [3.8, 4) is 0 Å². The highest BCUT2D eigenvalue weighted by molar-refractivity contribution is 7.98. The molecule has 0 radical (unpaired) electrons. The summed E-state index contributed by atoms with van der Waals surface area (Å²) in [6, 6.07) is 7.27. The standard InChI is InChI=1S/C14H12Cl2N4O2S/c1-8-4-3-5-9(6-8)18-14(21)22-17-7-10-11(15)19-13(23-2)20-12(10)16/h3-7H,1-2H3,(H,18,21). The van der Waals surface area contributed by atoms with E-state index in [2.05, 4.69) is 20.4 Å². The lowest BCUT2D eigenvalue weighted by Gasteiger charge is -2.04. The average molecular weight is 371 g/mol. The molecular formula is C14H12Cl2N4O2S. The van der Waals surface area contributed by atoms with Crippen molar-refractivity contribution in [2.75, 3.05) is 11.6 Å². The van der Waals surface area contributed by atoms with E-state index in [-0.39, 0.29) is 15.9 Å². The number of thioether (sulfide) groups is 1. The summed E-state index contributed by atoms with van der Waals surface area (Å²) in [6.07, 6.45) is 2.25. The largest absolute Gasteiger partial charge is 0.437 e. The minimum atomic E-state index is -0.735. The van der Waals surface area contributed by atoms with Gasteiger partial charge in [0.25, 0.3) is 0 Å². The molecule has 1 aromatic heterocycles. The molecule has 1 heterocycles. The number of amides is 1. The van der Waals surface area contributed by atoms with E-state index in [1.54, 1.807) is 18.4 Å². The monoisotopic (exact) mass is 370 g/mol. The fraction of sp³-hybridized carbons (Fsp3) is 0.143. The van der Waals surface area contributed by atoms with Crippen LogP contribution in [0.3, 0.4) is 0 Å². The maximum absolute atomic E-state index is 11.6. The molecule has 0 aliphatic heterocycles. The normalized spacial score (nSPS) is 10.8. The van der Waals surface area contributed by atoms with E-state index < -0.39 is 6.09 Å². The van der Waals surface area contributed by atoms with Crippen molar-refractivity contribution in [2.45, 2.75) is 12.1 Å². The topological polar surface area (TPSA) is 76.5 Å². The Morgan fingerprint density at radius 1 is 1.35 bits per heavy atom. The van der Waals surface area contributed by atoms with Crippen LogP contribution in [0.25, 0.3) is 0 Å². The van der Waals surface area contributed by atoms with Gasteiger partial charge in [0.15, 0.2) is 5.16 Å². The number of hydrogen-bond donors (Lipinski definition) is 1. The molecule has 1 aromatic carbocycles. The third-order valence-electron chi connectivity index (χ3n) is 2.60. The summed E-state index contributed by atoms with van der Waals surface area (Å²) in [5.41, 5.74) is 1.89. The van der Waals surface area contributed by atoms with Crippen LogP contribution in [0.1, 0.15) is 11.1 Å². The zero-order valence-corrected chi connectivity index (χ0v) is 14.5. The van der Waals surface area contributed by atoms with E-state index >= 15 is 0 Å². The van der Waals surface area contributed by atoms with Gasteiger partial charge in [0, 0.05) is 5.69 Å². The molecule has 2 rings (SSSR count). The third kappa shape index (κ3) is 5.09. The van der Waals surface area contributed by atoms with Gasteiger partial charge < -0.3 is 0 Å². The first-order valence-electron chi connectivity index (χ1n) is 6.34. The summed E-state index contributed by atoms with van der Waals surface area (Å²) in [4.78, 5) is 24.4. The highest BCUT2D eigenvalue weighted by Crippen LogP contribution is 2.22. The highest BCUT2D eigenvalue weighted by atomic mass is 35.5. The van der Waals surface area contributed by atoms with Crippen molar-refractivity contribution in [3.05, 3.63) is 45.7 Å². The van der Waals surface area contributed by atoms with Gasteiger partial charge in [0.2, 0.25) is 0 Å². The molecule has 0 atom stereocenters. The first-order valence-corrected chi connectivity index (χ1v) is 8.32. The van der Waals surface area contributed by atoms with Crippen LogP contribution >= 0.6 is 35.0 Å². The van der Waals surface area contributed by atoms with Gasteiger partial charge in [0.05, 0.1) is 11.8 Å². The second kappa shape index (κ2) is 8.14. The second-order valence-electron chi connectivity index (χ2n) is 4.31. The Balaban J connectivity index is 2.00. The number of aryl methyl sites for hydroxylation is 1. The van der Waals surface area contributed by atoms with E-state index in [0.717, 1.165) is 5.56 Å². The fourth-order valence-corrected chi connectivity index (χ4v) is 2.54. The van der Waals surface area contributed by atoms with E-state index in [0.29, 0.717) is 10.8 Å². The maximum Gasteiger partial charge on any atom is 0.437 e. The van der Waals surface area contributed by atoms with Crippen LogP contribution in [0.5, 0.6) is 0 Å². The molecule has 0 unspecified atom stereocenters. The summed E-state index contributed by atoms with van der Waals surface area (Å²) in [5, 5.41) is 6.78. The first-order chi connectivity index (χ1) is 11.0. The lowest BCUT2D eigenvalue weighted by atomic mass is 10.2. The summed E-state index contributed by atoms with van der Waals surface area (Å²) < 4.78 is 0. The van der Waals surface area contributed by atoms with Crippen LogP contribution < -0.4 is 5.32 Å². The molecule has 0 fully saturated rings. The molecule has 1 N–H and O–H groups in total. The average Bonchev–Trinajstić information content (AvgIpc) is 2.49. The Hall–Kier alpha value is -1.83. The molecule has 23 heavy (non-hydrogen) atoms. The zero-order valence-electron chi connectivity index (χ0n) is 12.2. The molecule has 9 heteroatoms. The zero-order chi connectivity index (χ0) is 16.8. The quantitative estimate of drug-likeness (QED) is 0.215. The summed E-state index contributed by atoms with van der Waals surface area (Å²) in [7, 11) is 0. The van der Waals surface area contributed by atoms with Crippen molar-refractivity contribution in [1.82, 2.24) is 9.97 Å². The first kappa shape index (κ1) is 17.5. The molecule has 2 aromatic rings. The van der Waals surface area contributed by atoms with Gasteiger partial charge in [-0.15, -0.1) is 0 Å². The molecule has 0 bridgehead atoms. The molecule has 120 valence electrons. The van der Waals surface area contributed by atoms with E-state index in [4.69, 9.17) is 28.0 Å². The van der Waals surface area contributed by atoms with Crippen LogP contribution in [-0.2, 0) is 4.84 Å². The van der Waals surface area contributed by atoms with Gasteiger partial charge in [-0.3, -0.25) is 10.2 Å². The molecular weight excluding hydrogens is 359 g/mol. The van der Waals surface area contributed by atoms with Gasteiger partial charge in [-0.25, -0.2) is 14.8 Å². The Morgan fingerprint density at radius 3 is 2.65 bits per heavy atom. The predicted octanol–water partition coefficient (Wildman–Crippen LogP) is 4.40. The number of nitrogens with one attached hydrogen (secondary N) is 1. The van der Waals surface area contributed by atoms with Crippen molar-refractivity contribution in [3.63, 3.8) is 0 Å². The Kier molecular flexibility index (Phi) is 6.20. The molecule has 0 aliphatic rings. The number of carbonyl (C=O) groups is 1. The number of hydrogen-bond acceptors (Lipinski definition) is 6. The third-order valence-corrected chi connectivity index (χ3v) is 3.72. The van der Waals surface area contributed by atoms with Gasteiger partial charge in [-0.2, -0.15) is 0 Å². The van der Waals surface area contributed by atoms with Gasteiger partial charge >= 0.3 is 6.09 Å². The number of rotatable bonds is 4. The lowest BCUT2D eigenvalue weighted by Crippen LogP contribution is -2.11. The summed E-state index contributed by atoms with van der Waals surface area (Å²) >= 11 is 13.3. The lowest BCUT2D eigenvalue weighted by molar-refractivity contribution is 0.167. The SMILES string of the molecule is CSc1nc(Cl)c(C=NOC(=O)Nc2cccc(C)c2)c(Cl)n1. The Bertz CT molecular complexity index is 732. The molecule has 1 amide bonds. The maximum atomic E-state index is 11.6. The second-order valence-corrected chi connectivity index (χ2v) is 5.80. The molecule has 0 spiro atoms. The van der Waals surface area contributed by atoms with Crippen LogP contribution in [0.15, 0.2) is 34.6 Å². The number of aromatic nitrogens is 2. The molecule has 6 nitrogen and oxygen atoms in total. The van der Waals surface area contributed by atoms with Crippen LogP contribution in [-0.4, -0.2) is 28.5 Å². The summed E-state index contributed by atoms with van der Waals surface area (Å²) in [5.74, 6) is 0. The van der Waals surface area contributed by atoms with E-state index in [1.807, 2.05) is 19.1 Å². The van der Waals surface area contributed by atoms with Crippen molar-refractivity contribution in [1.29, 1.82) is 0 Å². The van der Waals surface area contributed by atoms with Crippen LogP contribution in [0, 0.1) is 6.92 Å².